The third-order valence-corrected chi connectivity index (χ3v) is 3.64. The maximum atomic E-state index is 11.5. The molecule has 0 fully saturated rings. The number of hydrogen-bond acceptors (Lipinski definition) is 4. The molecule has 0 bridgehead atoms. The van der Waals surface area contributed by atoms with Gasteiger partial charge in [-0.2, -0.15) is 0 Å². The fourth-order valence-electron chi connectivity index (χ4n) is 2.00. The number of amides is 1. The van der Waals surface area contributed by atoms with Crippen LogP contribution in [0.2, 0.25) is 5.02 Å². The third kappa shape index (κ3) is 6.00. The summed E-state index contributed by atoms with van der Waals surface area (Å²) in [6, 6.07) is 12.3. The number of carboxylic acid groups (broad SMARTS) is 1. The van der Waals surface area contributed by atoms with E-state index in [0.717, 1.165) is 5.56 Å². The van der Waals surface area contributed by atoms with E-state index in [1.807, 2.05) is 12.1 Å². The van der Waals surface area contributed by atoms with Gasteiger partial charge in [-0.15, -0.1) is 0 Å². The Bertz CT molecular complexity index is 746. The van der Waals surface area contributed by atoms with Gasteiger partial charge >= 0.3 is 5.97 Å². The van der Waals surface area contributed by atoms with Gasteiger partial charge in [0.25, 0.3) is 0 Å². The van der Waals surface area contributed by atoms with E-state index < -0.39 is 5.97 Å². The average molecular weight is 364 g/mol. The van der Waals surface area contributed by atoms with Gasteiger partial charge in [0, 0.05) is 19.0 Å². The van der Waals surface area contributed by atoms with E-state index in [4.69, 9.17) is 26.2 Å². The molecule has 0 atom stereocenters. The van der Waals surface area contributed by atoms with Gasteiger partial charge in [-0.1, -0.05) is 23.7 Å². The highest BCUT2D eigenvalue weighted by molar-refractivity contribution is 6.32. The van der Waals surface area contributed by atoms with Gasteiger partial charge in [0.05, 0.1) is 18.6 Å². The summed E-state index contributed by atoms with van der Waals surface area (Å²) < 4.78 is 10.8. The summed E-state index contributed by atoms with van der Waals surface area (Å²) in [5.74, 6) is 0.470. The monoisotopic (exact) mass is 363 g/mol. The van der Waals surface area contributed by atoms with Crippen molar-refractivity contribution in [3.8, 4) is 17.2 Å². The number of benzene rings is 2. The van der Waals surface area contributed by atoms with Gasteiger partial charge in [-0.3, -0.25) is 9.59 Å². The Morgan fingerprint density at radius 1 is 1.08 bits per heavy atom. The van der Waals surface area contributed by atoms with Crippen molar-refractivity contribution in [2.45, 2.75) is 19.4 Å². The molecule has 2 aromatic carbocycles. The first-order valence-electron chi connectivity index (χ1n) is 7.57. The van der Waals surface area contributed by atoms with E-state index in [9.17, 15) is 9.59 Å². The fraction of sp³-hybridized carbons (Fsp3) is 0.222. The number of carbonyl (C=O) groups is 2. The van der Waals surface area contributed by atoms with Crippen LogP contribution in [0.5, 0.6) is 17.2 Å². The number of rotatable bonds is 8. The molecular formula is C18H18ClNO5. The normalized spacial score (nSPS) is 10.2. The predicted molar refractivity (Wildman–Crippen MR) is 93.2 cm³/mol. The summed E-state index contributed by atoms with van der Waals surface area (Å²) in [6.45, 7) is 0.321. The van der Waals surface area contributed by atoms with Gasteiger partial charge in [0.15, 0.2) is 0 Å². The third-order valence-electron chi connectivity index (χ3n) is 3.35. The van der Waals surface area contributed by atoms with E-state index in [0.29, 0.717) is 28.8 Å². The number of hydrogen-bond donors (Lipinski definition) is 2. The topological polar surface area (TPSA) is 84.9 Å². The number of nitrogens with one attached hydrogen (secondary N) is 1. The summed E-state index contributed by atoms with van der Waals surface area (Å²) in [5.41, 5.74) is 0.872. The minimum absolute atomic E-state index is 0.0352. The molecule has 0 aliphatic rings. The Morgan fingerprint density at radius 2 is 1.76 bits per heavy atom. The minimum Gasteiger partial charge on any atom is -0.497 e. The molecule has 0 aliphatic heterocycles. The Kier molecular flexibility index (Phi) is 6.65. The molecule has 6 nitrogen and oxygen atoms in total. The Labute approximate surface area is 150 Å². The number of halogens is 1. The zero-order valence-electron chi connectivity index (χ0n) is 13.6. The smallest absolute Gasteiger partial charge is 0.303 e. The van der Waals surface area contributed by atoms with Crippen LogP contribution >= 0.6 is 11.6 Å². The average Bonchev–Trinajstić information content (AvgIpc) is 2.61. The van der Waals surface area contributed by atoms with E-state index in [1.54, 1.807) is 37.4 Å². The molecule has 0 spiro atoms. The van der Waals surface area contributed by atoms with Crippen molar-refractivity contribution in [2.75, 3.05) is 7.11 Å². The first-order valence-corrected chi connectivity index (χ1v) is 7.94. The van der Waals surface area contributed by atoms with Crippen molar-refractivity contribution in [1.29, 1.82) is 0 Å². The zero-order chi connectivity index (χ0) is 18.2. The van der Waals surface area contributed by atoms with Gasteiger partial charge in [0.2, 0.25) is 5.91 Å². The van der Waals surface area contributed by atoms with Crippen LogP contribution in [0.15, 0.2) is 42.5 Å². The van der Waals surface area contributed by atoms with Crippen molar-refractivity contribution in [3.05, 3.63) is 53.1 Å². The van der Waals surface area contributed by atoms with Crippen LogP contribution in [0.3, 0.4) is 0 Å². The van der Waals surface area contributed by atoms with Crippen molar-refractivity contribution >= 4 is 23.5 Å². The van der Waals surface area contributed by atoms with E-state index in [1.165, 1.54) is 0 Å². The van der Waals surface area contributed by atoms with E-state index >= 15 is 0 Å². The van der Waals surface area contributed by atoms with Gasteiger partial charge in [-0.25, -0.2) is 0 Å². The Hall–Kier alpha value is -2.73. The van der Waals surface area contributed by atoms with Crippen LogP contribution < -0.4 is 14.8 Å². The first-order chi connectivity index (χ1) is 12.0. The highest BCUT2D eigenvalue weighted by Crippen LogP contribution is 2.32. The lowest BCUT2D eigenvalue weighted by atomic mass is 10.2. The second kappa shape index (κ2) is 8.94. The van der Waals surface area contributed by atoms with Gasteiger partial charge in [-0.05, 0) is 29.8 Å². The fourth-order valence-corrected chi connectivity index (χ4v) is 2.21. The summed E-state index contributed by atoms with van der Waals surface area (Å²) in [4.78, 5) is 21.9. The van der Waals surface area contributed by atoms with Crippen LogP contribution in [0.4, 0.5) is 0 Å². The number of methoxy groups -OCH3 is 1. The molecule has 0 heterocycles. The van der Waals surface area contributed by atoms with Crippen LogP contribution in [0.25, 0.3) is 0 Å². The molecule has 1 amide bonds. The minimum atomic E-state index is -0.992. The SMILES string of the molecule is COc1ccc(Oc2ccc(CNC(=O)CCC(=O)O)cc2)c(Cl)c1. The quantitative estimate of drug-likeness (QED) is 0.748. The van der Waals surface area contributed by atoms with Crippen LogP contribution in [-0.2, 0) is 16.1 Å². The highest BCUT2D eigenvalue weighted by atomic mass is 35.5. The van der Waals surface area contributed by atoms with Crippen molar-refractivity contribution in [1.82, 2.24) is 5.32 Å². The van der Waals surface area contributed by atoms with Gasteiger partial charge in [0.1, 0.15) is 17.2 Å². The lowest BCUT2D eigenvalue weighted by Crippen LogP contribution is -2.23. The van der Waals surface area contributed by atoms with Gasteiger partial charge < -0.3 is 19.9 Å². The highest BCUT2D eigenvalue weighted by Gasteiger charge is 2.07. The summed E-state index contributed by atoms with van der Waals surface area (Å²) in [5, 5.41) is 11.6. The first kappa shape index (κ1) is 18.6. The van der Waals surface area contributed by atoms with Crippen LogP contribution in [0.1, 0.15) is 18.4 Å². The largest absolute Gasteiger partial charge is 0.497 e. The molecule has 132 valence electrons. The van der Waals surface area contributed by atoms with Crippen molar-refractivity contribution in [3.63, 3.8) is 0 Å². The molecule has 2 aromatic rings. The molecule has 2 rings (SSSR count). The van der Waals surface area contributed by atoms with Crippen molar-refractivity contribution in [2.24, 2.45) is 0 Å². The molecule has 0 aliphatic carbocycles. The molecule has 7 heteroatoms. The molecule has 25 heavy (non-hydrogen) atoms. The maximum Gasteiger partial charge on any atom is 0.303 e. The zero-order valence-corrected chi connectivity index (χ0v) is 14.4. The summed E-state index contributed by atoms with van der Waals surface area (Å²) >= 11 is 6.13. The number of carbonyl (C=O) groups excluding carboxylic acids is 1. The second-order valence-electron chi connectivity index (χ2n) is 5.21. The number of carboxylic acids is 1. The Morgan fingerprint density at radius 3 is 2.36 bits per heavy atom. The summed E-state index contributed by atoms with van der Waals surface area (Å²) in [7, 11) is 1.56. The van der Waals surface area contributed by atoms with Crippen LogP contribution in [-0.4, -0.2) is 24.1 Å². The van der Waals surface area contributed by atoms with E-state index in [2.05, 4.69) is 5.32 Å². The number of ether oxygens (including phenoxy) is 2. The molecule has 0 saturated heterocycles. The Balaban J connectivity index is 1.89. The predicted octanol–water partition coefficient (Wildman–Crippen LogP) is 3.62. The standard InChI is InChI=1S/C18H18ClNO5/c1-24-14-6-7-16(15(19)10-14)25-13-4-2-12(3-5-13)11-20-17(21)8-9-18(22)23/h2-7,10H,8-9,11H2,1H3,(H,20,21)(H,22,23). The summed E-state index contributed by atoms with van der Waals surface area (Å²) in [6.07, 6.45) is -0.215. The maximum absolute atomic E-state index is 11.5. The molecule has 0 radical (unpaired) electrons. The molecule has 0 aromatic heterocycles. The second-order valence-corrected chi connectivity index (χ2v) is 5.62. The lowest BCUT2D eigenvalue weighted by Gasteiger charge is -2.10. The molecule has 0 unspecified atom stereocenters. The van der Waals surface area contributed by atoms with Crippen LogP contribution in [0, 0.1) is 0 Å². The lowest BCUT2D eigenvalue weighted by molar-refractivity contribution is -0.138. The number of aliphatic carboxylic acids is 1. The molecular weight excluding hydrogens is 346 g/mol. The van der Waals surface area contributed by atoms with Crippen molar-refractivity contribution < 1.29 is 24.2 Å². The van der Waals surface area contributed by atoms with E-state index in [-0.39, 0.29) is 18.7 Å². The molecule has 0 saturated carbocycles. The molecule has 2 N–H and O–H groups in total.